The SMILES string of the molecule is CC(C)(C)c1cc(C(C)(C)C)n2ccnc(N)c12. The van der Waals surface area contributed by atoms with Gasteiger partial charge in [-0.1, -0.05) is 41.5 Å². The van der Waals surface area contributed by atoms with Crippen LogP contribution >= 0.6 is 0 Å². The van der Waals surface area contributed by atoms with E-state index < -0.39 is 0 Å². The van der Waals surface area contributed by atoms with Gasteiger partial charge in [-0.15, -0.1) is 0 Å². The normalized spacial score (nSPS) is 13.2. The lowest BCUT2D eigenvalue weighted by Gasteiger charge is -2.18. The number of nitrogens with zero attached hydrogens (tertiary/aromatic N) is 2. The molecule has 0 atom stereocenters. The van der Waals surface area contributed by atoms with Gasteiger partial charge in [-0.2, -0.15) is 0 Å². The van der Waals surface area contributed by atoms with Crippen LogP contribution in [0.15, 0.2) is 18.5 Å². The van der Waals surface area contributed by atoms with Crippen molar-refractivity contribution in [1.29, 1.82) is 0 Å². The Hall–Kier alpha value is -1.51. The smallest absolute Gasteiger partial charge is 0.148 e. The molecule has 0 unspecified atom stereocenters. The van der Waals surface area contributed by atoms with Gasteiger partial charge < -0.3 is 10.1 Å². The van der Waals surface area contributed by atoms with Crippen molar-refractivity contribution in [2.75, 3.05) is 5.73 Å². The van der Waals surface area contributed by atoms with E-state index in [2.05, 4.69) is 57.0 Å². The summed E-state index contributed by atoms with van der Waals surface area (Å²) < 4.78 is 2.18. The minimum atomic E-state index is 0.0614. The fraction of sp³-hybridized carbons (Fsp3) is 0.533. The van der Waals surface area contributed by atoms with Crippen molar-refractivity contribution in [1.82, 2.24) is 9.38 Å². The monoisotopic (exact) mass is 245 g/mol. The number of nitrogen functional groups attached to an aromatic ring is 1. The van der Waals surface area contributed by atoms with Gasteiger partial charge in [0, 0.05) is 23.5 Å². The van der Waals surface area contributed by atoms with Gasteiger partial charge in [0.2, 0.25) is 0 Å². The largest absolute Gasteiger partial charge is 0.382 e. The number of rotatable bonds is 0. The Morgan fingerprint density at radius 2 is 1.67 bits per heavy atom. The van der Waals surface area contributed by atoms with E-state index in [0.717, 1.165) is 5.52 Å². The van der Waals surface area contributed by atoms with Crippen LogP contribution in [-0.4, -0.2) is 9.38 Å². The molecular formula is C15H23N3. The van der Waals surface area contributed by atoms with Crippen LogP contribution in [0.5, 0.6) is 0 Å². The Kier molecular flexibility index (Phi) is 2.69. The van der Waals surface area contributed by atoms with Gasteiger partial charge in [0.25, 0.3) is 0 Å². The Morgan fingerprint density at radius 3 is 2.17 bits per heavy atom. The summed E-state index contributed by atoms with van der Waals surface area (Å²) in [5.41, 5.74) is 9.81. The highest BCUT2D eigenvalue weighted by Crippen LogP contribution is 2.35. The highest BCUT2D eigenvalue weighted by atomic mass is 15.0. The van der Waals surface area contributed by atoms with E-state index in [1.54, 1.807) is 6.20 Å². The molecule has 0 radical (unpaired) electrons. The second-order valence-corrected chi connectivity index (χ2v) is 6.97. The molecular weight excluding hydrogens is 222 g/mol. The summed E-state index contributed by atoms with van der Waals surface area (Å²) >= 11 is 0. The molecule has 0 aliphatic heterocycles. The van der Waals surface area contributed by atoms with E-state index in [0.29, 0.717) is 5.82 Å². The second-order valence-electron chi connectivity index (χ2n) is 6.97. The van der Waals surface area contributed by atoms with Crippen LogP contribution in [0.2, 0.25) is 0 Å². The maximum atomic E-state index is 6.08. The highest BCUT2D eigenvalue weighted by Gasteiger charge is 2.26. The number of fused-ring (bicyclic) bond motifs is 1. The quantitative estimate of drug-likeness (QED) is 0.771. The lowest BCUT2D eigenvalue weighted by Crippen LogP contribution is -2.14. The minimum absolute atomic E-state index is 0.0614. The van der Waals surface area contributed by atoms with Crippen LogP contribution in [0.25, 0.3) is 5.52 Å². The molecule has 0 bridgehead atoms. The van der Waals surface area contributed by atoms with Crippen LogP contribution in [0.1, 0.15) is 52.8 Å². The number of anilines is 1. The van der Waals surface area contributed by atoms with E-state index in [9.17, 15) is 0 Å². The zero-order valence-corrected chi connectivity index (χ0v) is 12.2. The molecule has 0 saturated heterocycles. The number of hydrogen-bond donors (Lipinski definition) is 1. The van der Waals surface area contributed by atoms with Gasteiger partial charge in [-0.3, -0.25) is 0 Å². The minimum Gasteiger partial charge on any atom is -0.382 e. The Labute approximate surface area is 109 Å². The first-order valence-electron chi connectivity index (χ1n) is 6.39. The van der Waals surface area contributed by atoms with Crippen molar-refractivity contribution in [3.05, 3.63) is 29.7 Å². The van der Waals surface area contributed by atoms with Crippen molar-refractivity contribution >= 4 is 11.3 Å². The summed E-state index contributed by atoms with van der Waals surface area (Å²) in [4.78, 5) is 4.23. The molecule has 2 N–H and O–H groups in total. The van der Waals surface area contributed by atoms with Crippen LogP contribution in [0, 0.1) is 0 Å². The fourth-order valence-electron chi connectivity index (χ4n) is 2.33. The molecule has 0 amide bonds. The predicted octanol–water partition coefficient (Wildman–Crippen LogP) is 3.51. The third-order valence-corrected chi connectivity index (χ3v) is 3.29. The van der Waals surface area contributed by atoms with E-state index in [1.165, 1.54) is 11.3 Å². The van der Waals surface area contributed by atoms with Gasteiger partial charge >= 0.3 is 0 Å². The zero-order valence-electron chi connectivity index (χ0n) is 12.2. The molecule has 0 aliphatic rings. The van der Waals surface area contributed by atoms with Crippen molar-refractivity contribution in [2.45, 2.75) is 52.4 Å². The molecule has 98 valence electrons. The Bertz CT molecular complexity index is 580. The van der Waals surface area contributed by atoms with Crippen LogP contribution in [0.3, 0.4) is 0 Å². The average molecular weight is 245 g/mol. The van der Waals surface area contributed by atoms with E-state index in [4.69, 9.17) is 5.73 Å². The summed E-state index contributed by atoms with van der Waals surface area (Å²) in [5, 5.41) is 0. The first-order valence-corrected chi connectivity index (χ1v) is 6.39. The molecule has 0 aromatic carbocycles. The maximum Gasteiger partial charge on any atom is 0.148 e. The second kappa shape index (κ2) is 3.74. The Morgan fingerprint density at radius 1 is 1.06 bits per heavy atom. The van der Waals surface area contributed by atoms with Crippen molar-refractivity contribution in [2.24, 2.45) is 0 Å². The van der Waals surface area contributed by atoms with E-state index in [-0.39, 0.29) is 10.8 Å². The lowest BCUT2D eigenvalue weighted by atomic mass is 9.85. The number of hydrogen-bond acceptors (Lipinski definition) is 2. The fourth-order valence-corrected chi connectivity index (χ4v) is 2.33. The predicted molar refractivity (Wildman–Crippen MR) is 77.0 cm³/mol. The van der Waals surface area contributed by atoms with Crippen molar-refractivity contribution in [3.63, 3.8) is 0 Å². The van der Waals surface area contributed by atoms with Gasteiger partial charge in [-0.05, 0) is 17.0 Å². The molecule has 2 aromatic heterocycles. The highest BCUT2D eigenvalue weighted by molar-refractivity contribution is 5.73. The molecule has 0 saturated carbocycles. The topological polar surface area (TPSA) is 43.3 Å². The van der Waals surface area contributed by atoms with Crippen molar-refractivity contribution < 1.29 is 0 Å². The summed E-state index contributed by atoms with van der Waals surface area (Å²) in [6.07, 6.45) is 3.77. The van der Waals surface area contributed by atoms with Gasteiger partial charge in [0.05, 0.1) is 5.52 Å². The first-order chi connectivity index (χ1) is 8.12. The van der Waals surface area contributed by atoms with Gasteiger partial charge in [-0.25, -0.2) is 4.98 Å². The molecule has 18 heavy (non-hydrogen) atoms. The lowest BCUT2D eigenvalue weighted by molar-refractivity contribution is 0.561. The van der Waals surface area contributed by atoms with Gasteiger partial charge in [0.1, 0.15) is 5.82 Å². The number of aromatic nitrogens is 2. The molecule has 3 heteroatoms. The standard InChI is InChI=1S/C15H23N3/c1-14(2,3)10-9-11(15(4,5)6)18-8-7-17-13(16)12(10)18/h7-9H,1-6H3,(H2,16,17). The van der Waals surface area contributed by atoms with Crippen LogP contribution in [-0.2, 0) is 10.8 Å². The Balaban J connectivity index is 2.89. The number of nitrogens with two attached hydrogens (primary N) is 1. The summed E-state index contributed by atoms with van der Waals surface area (Å²) in [6.45, 7) is 13.3. The van der Waals surface area contributed by atoms with Gasteiger partial charge in [0.15, 0.2) is 0 Å². The summed E-state index contributed by atoms with van der Waals surface area (Å²) in [5.74, 6) is 0.609. The van der Waals surface area contributed by atoms with Crippen molar-refractivity contribution in [3.8, 4) is 0 Å². The molecule has 0 fully saturated rings. The molecule has 2 aromatic rings. The third kappa shape index (κ3) is 1.98. The average Bonchev–Trinajstić information content (AvgIpc) is 2.56. The van der Waals surface area contributed by atoms with Crippen LogP contribution in [0.4, 0.5) is 5.82 Å². The molecule has 2 rings (SSSR count). The van der Waals surface area contributed by atoms with E-state index >= 15 is 0 Å². The van der Waals surface area contributed by atoms with E-state index in [1.807, 2.05) is 6.20 Å². The summed E-state index contributed by atoms with van der Waals surface area (Å²) in [7, 11) is 0. The van der Waals surface area contributed by atoms with Crippen LogP contribution < -0.4 is 5.73 Å². The maximum absolute atomic E-state index is 6.08. The summed E-state index contributed by atoms with van der Waals surface area (Å²) in [6, 6.07) is 2.27. The first kappa shape index (κ1) is 12.9. The third-order valence-electron chi connectivity index (χ3n) is 3.29. The molecule has 0 aliphatic carbocycles. The molecule has 3 nitrogen and oxygen atoms in total. The molecule has 2 heterocycles. The zero-order chi connectivity index (χ0) is 13.7. The molecule has 0 spiro atoms.